The number of pyridine rings is 1. The number of aryl methyl sites for hydroxylation is 2. The Morgan fingerprint density at radius 1 is 0.639 bits per heavy atom. The lowest BCUT2D eigenvalue weighted by Crippen LogP contribution is -2.09. The molecule has 1 aromatic heterocycles. The van der Waals surface area contributed by atoms with E-state index in [1.165, 1.54) is 44.8 Å². The van der Waals surface area contributed by atoms with Crippen LogP contribution >= 0.6 is 0 Å². The van der Waals surface area contributed by atoms with Crippen LogP contribution in [0.1, 0.15) is 73.0 Å². The van der Waals surface area contributed by atoms with Crippen molar-refractivity contribution in [3.05, 3.63) is 112 Å². The third kappa shape index (κ3) is 5.79. The van der Waals surface area contributed by atoms with Crippen molar-refractivity contribution in [1.82, 2.24) is 4.98 Å². The molecule has 2 N–H and O–H groups in total. The predicted octanol–water partition coefficient (Wildman–Crippen LogP) is 8.84. The van der Waals surface area contributed by atoms with Crippen LogP contribution in [-0.4, -0.2) is 4.98 Å². The summed E-state index contributed by atoms with van der Waals surface area (Å²) in [5.41, 5.74) is 12.2. The van der Waals surface area contributed by atoms with E-state index in [0.29, 0.717) is 18.4 Å². The zero-order valence-electron chi connectivity index (χ0n) is 22.5. The molecular weight excluding hydrogens is 438 g/mol. The van der Waals surface area contributed by atoms with Crippen LogP contribution in [0.4, 0.5) is 11.4 Å². The highest BCUT2D eigenvalue weighted by Gasteiger charge is 2.15. The van der Waals surface area contributed by atoms with E-state index < -0.39 is 0 Å². The van der Waals surface area contributed by atoms with Gasteiger partial charge in [-0.3, -0.25) is 4.98 Å². The van der Waals surface area contributed by atoms with Gasteiger partial charge in [-0.05, 0) is 71.7 Å². The first kappa shape index (κ1) is 25.5. The summed E-state index contributed by atoms with van der Waals surface area (Å²) in [6, 6.07) is 28.0. The number of rotatable bonds is 9. The van der Waals surface area contributed by atoms with Crippen LogP contribution in [-0.2, 0) is 13.1 Å². The monoisotopic (exact) mass is 477 g/mol. The highest BCUT2D eigenvalue weighted by molar-refractivity contribution is 5.69. The number of aromatic nitrogens is 1. The summed E-state index contributed by atoms with van der Waals surface area (Å²) in [6.45, 7) is 14.8. The van der Waals surface area contributed by atoms with Crippen LogP contribution in [0.5, 0.6) is 0 Å². The molecule has 0 fully saturated rings. The molecule has 186 valence electrons. The maximum Gasteiger partial charge on any atom is 0.0712 e. The number of nitrogens with zero attached hydrogens (tertiary/aromatic N) is 1. The van der Waals surface area contributed by atoms with E-state index in [9.17, 15) is 0 Å². The Labute approximate surface area is 217 Å². The van der Waals surface area contributed by atoms with Gasteiger partial charge in [-0.25, -0.2) is 0 Å². The Morgan fingerprint density at radius 2 is 1.28 bits per heavy atom. The van der Waals surface area contributed by atoms with Crippen LogP contribution in [0.2, 0.25) is 0 Å². The highest BCUT2D eigenvalue weighted by atomic mass is 14.9. The van der Waals surface area contributed by atoms with Crippen LogP contribution < -0.4 is 10.6 Å². The number of para-hydroxylation sites is 2. The number of nitrogens with one attached hydrogen (secondary N) is 2. The Hall–Kier alpha value is -3.59. The summed E-state index contributed by atoms with van der Waals surface area (Å²) >= 11 is 0. The molecule has 4 aromatic rings. The Balaban J connectivity index is 1.60. The number of hydrogen-bond acceptors (Lipinski definition) is 3. The first-order chi connectivity index (χ1) is 17.3. The molecule has 0 bridgehead atoms. The minimum absolute atomic E-state index is 0.459. The van der Waals surface area contributed by atoms with E-state index in [4.69, 9.17) is 4.98 Å². The van der Waals surface area contributed by atoms with Gasteiger partial charge < -0.3 is 10.6 Å². The molecule has 0 aliphatic heterocycles. The summed E-state index contributed by atoms with van der Waals surface area (Å²) in [5.74, 6) is 0.918. The minimum Gasteiger partial charge on any atom is -0.381 e. The number of hydrogen-bond donors (Lipinski definition) is 2. The van der Waals surface area contributed by atoms with E-state index in [0.717, 1.165) is 17.9 Å². The van der Waals surface area contributed by atoms with Gasteiger partial charge in [0.2, 0.25) is 0 Å². The lowest BCUT2D eigenvalue weighted by Gasteiger charge is -2.21. The van der Waals surface area contributed by atoms with Gasteiger partial charge in [0.1, 0.15) is 0 Å². The van der Waals surface area contributed by atoms with E-state index in [2.05, 4.69) is 131 Å². The Morgan fingerprint density at radius 3 is 1.97 bits per heavy atom. The summed E-state index contributed by atoms with van der Waals surface area (Å²) in [6.07, 6.45) is 0. The SMILES string of the molecule is Cc1ccccc1NCc1cccc(C)c1-c1cccc(CNc2c(C(C)C)cccc2C(C)C)n1. The van der Waals surface area contributed by atoms with Crippen molar-refractivity contribution >= 4 is 11.4 Å². The zero-order valence-corrected chi connectivity index (χ0v) is 22.5. The van der Waals surface area contributed by atoms with Gasteiger partial charge in [0.25, 0.3) is 0 Å². The average Bonchev–Trinajstić information content (AvgIpc) is 2.86. The van der Waals surface area contributed by atoms with Crippen molar-refractivity contribution in [3.63, 3.8) is 0 Å². The summed E-state index contributed by atoms with van der Waals surface area (Å²) in [5, 5.41) is 7.37. The molecule has 0 saturated heterocycles. The molecule has 0 amide bonds. The topological polar surface area (TPSA) is 37.0 Å². The molecule has 36 heavy (non-hydrogen) atoms. The van der Waals surface area contributed by atoms with Crippen LogP contribution in [0.15, 0.2) is 78.9 Å². The van der Waals surface area contributed by atoms with Crippen molar-refractivity contribution in [2.45, 2.75) is 66.5 Å². The van der Waals surface area contributed by atoms with Crippen LogP contribution in [0, 0.1) is 13.8 Å². The third-order valence-corrected chi connectivity index (χ3v) is 6.86. The molecule has 0 atom stereocenters. The van der Waals surface area contributed by atoms with Crippen molar-refractivity contribution in [3.8, 4) is 11.3 Å². The standard InChI is InChI=1S/C33H39N3/c1-22(2)28-16-11-17-29(23(3)4)33(28)35-21-27-15-10-19-31(36-27)32-25(6)13-9-14-26(32)20-34-30-18-8-7-12-24(30)5/h7-19,22-23,34-35H,20-21H2,1-6H3. The Bertz CT molecular complexity index is 1290. The van der Waals surface area contributed by atoms with Crippen molar-refractivity contribution in [1.29, 1.82) is 0 Å². The minimum atomic E-state index is 0.459. The van der Waals surface area contributed by atoms with E-state index in [1.54, 1.807) is 0 Å². The fourth-order valence-corrected chi connectivity index (χ4v) is 4.86. The third-order valence-electron chi connectivity index (χ3n) is 6.86. The summed E-state index contributed by atoms with van der Waals surface area (Å²) < 4.78 is 0. The molecule has 3 aromatic carbocycles. The molecule has 1 heterocycles. The average molecular weight is 478 g/mol. The lowest BCUT2D eigenvalue weighted by molar-refractivity contribution is 0.831. The first-order valence-electron chi connectivity index (χ1n) is 13.1. The molecule has 0 spiro atoms. The van der Waals surface area contributed by atoms with E-state index in [1.807, 2.05) is 0 Å². The first-order valence-corrected chi connectivity index (χ1v) is 13.1. The second kappa shape index (κ2) is 11.4. The number of anilines is 2. The molecule has 3 heteroatoms. The second-order valence-electron chi connectivity index (χ2n) is 10.3. The van der Waals surface area contributed by atoms with E-state index >= 15 is 0 Å². The smallest absolute Gasteiger partial charge is 0.0712 e. The predicted molar refractivity (Wildman–Crippen MR) is 155 cm³/mol. The molecule has 0 aliphatic carbocycles. The molecule has 0 radical (unpaired) electrons. The lowest BCUT2D eigenvalue weighted by atomic mass is 9.92. The zero-order chi connectivity index (χ0) is 25.7. The van der Waals surface area contributed by atoms with Gasteiger partial charge in [0.05, 0.1) is 17.9 Å². The molecule has 4 rings (SSSR count). The van der Waals surface area contributed by atoms with Gasteiger partial charge in [0.15, 0.2) is 0 Å². The van der Waals surface area contributed by atoms with Crippen LogP contribution in [0.3, 0.4) is 0 Å². The van der Waals surface area contributed by atoms with Crippen molar-refractivity contribution in [2.24, 2.45) is 0 Å². The van der Waals surface area contributed by atoms with Gasteiger partial charge in [-0.1, -0.05) is 88.4 Å². The second-order valence-corrected chi connectivity index (χ2v) is 10.3. The van der Waals surface area contributed by atoms with Crippen LogP contribution in [0.25, 0.3) is 11.3 Å². The maximum absolute atomic E-state index is 5.11. The van der Waals surface area contributed by atoms with Gasteiger partial charge >= 0.3 is 0 Å². The molecule has 0 aliphatic rings. The molecule has 0 saturated carbocycles. The molecular formula is C33H39N3. The number of benzene rings is 3. The maximum atomic E-state index is 5.11. The summed E-state index contributed by atoms with van der Waals surface area (Å²) in [4.78, 5) is 5.11. The van der Waals surface area contributed by atoms with Gasteiger partial charge in [-0.15, -0.1) is 0 Å². The quantitative estimate of drug-likeness (QED) is 0.253. The fraction of sp³-hybridized carbons (Fsp3) is 0.303. The van der Waals surface area contributed by atoms with E-state index in [-0.39, 0.29) is 0 Å². The Kier molecular flexibility index (Phi) is 8.10. The largest absolute Gasteiger partial charge is 0.381 e. The van der Waals surface area contributed by atoms with Crippen molar-refractivity contribution in [2.75, 3.05) is 10.6 Å². The highest BCUT2D eigenvalue weighted by Crippen LogP contribution is 2.33. The van der Waals surface area contributed by atoms with Gasteiger partial charge in [0, 0.05) is 23.5 Å². The molecule has 0 unspecified atom stereocenters. The normalized spacial score (nSPS) is 11.2. The molecule has 3 nitrogen and oxygen atoms in total. The fourth-order valence-electron chi connectivity index (χ4n) is 4.86. The van der Waals surface area contributed by atoms with Gasteiger partial charge in [-0.2, -0.15) is 0 Å². The van der Waals surface area contributed by atoms with Crippen molar-refractivity contribution < 1.29 is 0 Å². The summed E-state index contributed by atoms with van der Waals surface area (Å²) in [7, 11) is 0.